The van der Waals surface area contributed by atoms with E-state index < -0.39 is 0 Å². The molecular formula is C12H19N3. The Morgan fingerprint density at radius 1 is 1.33 bits per heavy atom. The van der Waals surface area contributed by atoms with Gasteiger partial charge in [0.1, 0.15) is 0 Å². The highest BCUT2D eigenvalue weighted by Crippen LogP contribution is 2.51. The van der Waals surface area contributed by atoms with Crippen LogP contribution in [0.3, 0.4) is 0 Å². The number of nitrogens with zero attached hydrogens (tertiary/aromatic N) is 1. The van der Waals surface area contributed by atoms with E-state index >= 15 is 0 Å². The third kappa shape index (κ3) is 1.26. The lowest BCUT2D eigenvalue weighted by molar-refractivity contribution is 0.534. The molecular weight excluding hydrogens is 186 g/mol. The van der Waals surface area contributed by atoms with E-state index in [1.54, 1.807) is 0 Å². The van der Waals surface area contributed by atoms with Crippen LogP contribution in [0.25, 0.3) is 0 Å². The van der Waals surface area contributed by atoms with Gasteiger partial charge in [0.15, 0.2) is 0 Å². The molecule has 3 N–H and O–H groups in total. The number of aromatic nitrogens is 2. The Bertz CT molecular complexity index is 374. The summed E-state index contributed by atoms with van der Waals surface area (Å²) in [6.07, 6.45) is 7.45. The van der Waals surface area contributed by atoms with E-state index in [-0.39, 0.29) is 11.5 Å². The zero-order valence-electron chi connectivity index (χ0n) is 9.34. The molecule has 0 amide bonds. The summed E-state index contributed by atoms with van der Waals surface area (Å²) in [4.78, 5) is 0. The smallest absolute Gasteiger partial charge is 0.0733 e. The molecule has 0 radical (unpaired) electrons. The fraction of sp³-hybridized carbons (Fsp3) is 0.750. The van der Waals surface area contributed by atoms with Crippen molar-refractivity contribution in [2.24, 2.45) is 5.73 Å². The van der Waals surface area contributed by atoms with Crippen LogP contribution in [0.2, 0.25) is 0 Å². The predicted octanol–water partition coefficient (Wildman–Crippen LogP) is 1.67. The first-order valence-corrected chi connectivity index (χ1v) is 6.06. The Morgan fingerprint density at radius 3 is 2.73 bits per heavy atom. The number of aryl methyl sites for hydroxylation is 1. The van der Waals surface area contributed by atoms with E-state index in [1.165, 1.54) is 55.5 Å². The Morgan fingerprint density at radius 2 is 2.07 bits per heavy atom. The maximum Gasteiger partial charge on any atom is 0.0733 e. The third-order valence-electron chi connectivity index (χ3n) is 4.19. The first kappa shape index (κ1) is 9.40. The molecule has 0 aliphatic heterocycles. The molecule has 0 aromatic carbocycles. The Kier molecular flexibility index (Phi) is 1.93. The number of nitrogens with one attached hydrogen (secondary N) is 1. The van der Waals surface area contributed by atoms with Crippen molar-refractivity contribution < 1.29 is 0 Å². The molecule has 1 aromatic rings. The number of aromatic amines is 1. The van der Waals surface area contributed by atoms with E-state index in [2.05, 4.69) is 17.1 Å². The number of rotatable bonds is 2. The van der Waals surface area contributed by atoms with Crippen LogP contribution >= 0.6 is 0 Å². The molecule has 1 aromatic heterocycles. The Hall–Kier alpha value is -0.830. The van der Waals surface area contributed by atoms with Gasteiger partial charge in [-0.1, -0.05) is 0 Å². The lowest BCUT2D eigenvalue weighted by Crippen LogP contribution is -2.32. The standard InChI is InChI=1S/C12H19N3/c1-8(13)12(6-7-12)11-9-4-2-3-5-10(9)14-15-11/h8H,2-7,13H2,1H3,(H,14,15). The summed E-state index contributed by atoms with van der Waals surface area (Å²) < 4.78 is 0. The minimum Gasteiger partial charge on any atom is -0.327 e. The fourth-order valence-electron chi connectivity index (χ4n) is 2.94. The van der Waals surface area contributed by atoms with Crippen LogP contribution in [0, 0.1) is 0 Å². The number of nitrogens with two attached hydrogens (primary N) is 1. The van der Waals surface area contributed by atoms with Crippen molar-refractivity contribution in [3.63, 3.8) is 0 Å². The van der Waals surface area contributed by atoms with Crippen LogP contribution in [0.4, 0.5) is 0 Å². The molecule has 1 heterocycles. The average Bonchev–Trinajstić information content (AvgIpc) is 2.93. The highest BCUT2D eigenvalue weighted by atomic mass is 15.1. The summed E-state index contributed by atoms with van der Waals surface area (Å²) in [7, 11) is 0. The summed E-state index contributed by atoms with van der Waals surface area (Å²) in [6.45, 7) is 2.12. The van der Waals surface area contributed by atoms with Gasteiger partial charge in [-0.05, 0) is 51.0 Å². The topological polar surface area (TPSA) is 54.7 Å². The van der Waals surface area contributed by atoms with Crippen LogP contribution in [0.1, 0.15) is 49.6 Å². The molecule has 82 valence electrons. The molecule has 1 fully saturated rings. The van der Waals surface area contributed by atoms with Crippen LogP contribution in [0.15, 0.2) is 0 Å². The van der Waals surface area contributed by atoms with E-state index in [1.807, 2.05) is 0 Å². The molecule has 1 saturated carbocycles. The predicted molar refractivity (Wildman–Crippen MR) is 59.8 cm³/mol. The normalized spacial score (nSPS) is 24.7. The molecule has 15 heavy (non-hydrogen) atoms. The summed E-state index contributed by atoms with van der Waals surface area (Å²) in [5, 5.41) is 7.77. The Labute approximate surface area is 90.4 Å². The van der Waals surface area contributed by atoms with Gasteiger partial charge >= 0.3 is 0 Å². The number of hydrogen-bond donors (Lipinski definition) is 2. The maximum atomic E-state index is 6.10. The van der Waals surface area contributed by atoms with Gasteiger partial charge in [0.05, 0.1) is 5.69 Å². The van der Waals surface area contributed by atoms with E-state index in [9.17, 15) is 0 Å². The molecule has 3 rings (SSSR count). The largest absolute Gasteiger partial charge is 0.327 e. The van der Waals surface area contributed by atoms with Crippen LogP contribution < -0.4 is 5.73 Å². The van der Waals surface area contributed by atoms with E-state index in [0.29, 0.717) is 0 Å². The number of fused-ring (bicyclic) bond motifs is 1. The zero-order chi connectivity index (χ0) is 10.5. The van der Waals surface area contributed by atoms with Crippen molar-refractivity contribution in [2.45, 2.75) is 56.9 Å². The summed E-state index contributed by atoms with van der Waals surface area (Å²) in [5.41, 5.74) is 10.5. The van der Waals surface area contributed by atoms with Crippen molar-refractivity contribution in [1.82, 2.24) is 10.2 Å². The fourth-order valence-corrected chi connectivity index (χ4v) is 2.94. The van der Waals surface area contributed by atoms with Gasteiger partial charge in [-0.15, -0.1) is 0 Å². The molecule has 2 aliphatic rings. The minimum atomic E-state index is 0.224. The van der Waals surface area contributed by atoms with Gasteiger partial charge in [0, 0.05) is 17.2 Å². The van der Waals surface area contributed by atoms with E-state index in [0.717, 1.165) is 0 Å². The third-order valence-corrected chi connectivity index (χ3v) is 4.19. The van der Waals surface area contributed by atoms with Crippen LogP contribution in [-0.2, 0) is 18.3 Å². The average molecular weight is 205 g/mol. The second-order valence-corrected chi connectivity index (χ2v) is 5.18. The summed E-state index contributed by atoms with van der Waals surface area (Å²) in [5.74, 6) is 0. The quantitative estimate of drug-likeness (QED) is 0.771. The van der Waals surface area contributed by atoms with Gasteiger partial charge < -0.3 is 5.73 Å². The molecule has 3 nitrogen and oxygen atoms in total. The maximum absolute atomic E-state index is 6.10. The SMILES string of the molecule is CC(N)C1(c2n[nH]c3c2CCCC3)CC1. The van der Waals surface area contributed by atoms with Crippen molar-refractivity contribution in [3.05, 3.63) is 17.0 Å². The van der Waals surface area contributed by atoms with Gasteiger partial charge in [-0.3, -0.25) is 5.10 Å². The van der Waals surface area contributed by atoms with Crippen molar-refractivity contribution in [3.8, 4) is 0 Å². The lowest BCUT2D eigenvalue weighted by atomic mass is 9.86. The van der Waals surface area contributed by atoms with Crippen LogP contribution in [-0.4, -0.2) is 16.2 Å². The van der Waals surface area contributed by atoms with Gasteiger partial charge in [0.25, 0.3) is 0 Å². The molecule has 3 heteroatoms. The minimum absolute atomic E-state index is 0.224. The van der Waals surface area contributed by atoms with Crippen molar-refractivity contribution in [1.29, 1.82) is 0 Å². The highest BCUT2D eigenvalue weighted by molar-refractivity contribution is 5.38. The van der Waals surface area contributed by atoms with Crippen molar-refractivity contribution >= 4 is 0 Å². The first-order chi connectivity index (χ1) is 7.24. The molecule has 1 atom stereocenters. The molecule has 0 spiro atoms. The van der Waals surface area contributed by atoms with Crippen LogP contribution in [0.5, 0.6) is 0 Å². The summed E-state index contributed by atoms with van der Waals surface area (Å²) >= 11 is 0. The first-order valence-electron chi connectivity index (χ1n) is 6.06. The van der Waals surface area contributed by atoms with E-state index in [4.69, 9.17) is 5.73 Å². The van der Waals surface area contributed by atoms with Gasteiger partial charge in [-0.25, -0.2) is 0 Å². The Balaban J connectivity index is 2.02. The van der Waals surface area contributed by atoms with Gasteiger partial charge in [0.2, 0.25) is 0 Å². The number of H-pyrrole nitrogens is 1. The lowest BCUT2D eigenvalue weighted by Gasteiger charge is -2.20. The second-order valence-electron chi connectivity index (χ2n) is 5.18. The second kappa shape index (κ2) is 3.08. The summed E-state index contributed by atoms with van der Waals surface area (Å²) in [6, 6.07) is 0.242. The van der Waals surface area contributed by atoms with Crippen molar-refractivity contribution in [2.75, 3.05) is 0 Å². The molecule has 0 saturated heterocycles. The zero-order valence-corrected chi connectivity index (χ0v) is 9.34. The highest BCUT2D eigenvalue weighted by Gasteiger charge is 2.50. The molecule has 1 unspecified atom stereocenters. The monoisotopic (exact) mass is 205 g/mol. The molecule has 0 bridgehead atoms. The number of hydrogen-bond acceptors (Lipinski definition) is 2. The van der Waals surface area contributed by atoms with Gasteiger partial charge in [-0.2, -0.15) is 5.10 Å². The molecule has 2 aliphatic carbocycles.